The summed E-state index contributed by atoms with van der Waals surface area (Å²) in [6, 6.07) is 1.79. The third-order valence-electron chi connectivity index (χ3n) is 2.41. The molecule has 0 spiro atoms. The Hall–Kier alpha value is -2.35. The predicted molar refractivity (Wildman–Crippen MR) is 65.2 cm³/mol. The zero-order valence-corrected chi connectivity index (χ0v) is 10.1. The molecule has 0 aliphatic carbocycles. The molecule has 5 nitrogen and oxygen atoms in total. The Morgan fingerprint density at radius 1 is 1.21 bits per heavy atom. The molecule has 3 rings (SSSR count). The van der Waals surface area contributed by atoms with Crippen LogP contribution in [0.3, 0.4) is 0 Å². The summed E-state index contributed by atoms with van der Waals surface area (Å²) in [5, 5.41) is 5.45. The highest BCUT2D eigenvalue weighted by Crippen LogP contribution is 2.28. The zero-order chi connectivity index (χ0) is 13.4. The smallest absolute Gasteiger partial charge is 0.260 e. The third kappa shape index (κ3) is 2.06. The third-order valence-corrected chi connectivity index (χ3v) is 3.00. The maximum atomic E-state index is 13.2. The van der Waals surface area contributed by atoms with E-state index in [0.29, 0.717) is 5.69 Å². The minimum atomic E-state index is -1.03. The number of thiazole rings is 1. The van der Waals surface area contributed by atoms with Gasteiger partial charge < -0.3 is 10.3 Å². The molecular weight excluding hydrogens is 274 g/mol. The van der Waals surface area contributed by atoms with Crippen molar-refractivity contribution in [1.82, 2.24) is 15.1 Å². The molecule has 0 atom stereocenters. The maximum absolute atomic E-state index is 13.2. The molecule has 0 aliphatic rings. The summed E-state index contributed by atoms with van der Waals surface area (Å²) in [4.78, 5) is 8.07. The van der Waals surface area contributed by atoms with Gasteiger partial charge in [0.15, 0.2) is 11.6 Å². The summed E-state index contributed by atoms with van der Waals surface area (Å²) in [6.07, 6.45) is 0. The van der Waals surface area contributed by atoms with Crippen molar-refractivity contribution in [1.29, 1.82) is 0 Å². The predicted octanol–water partition coefficient (Wildman–Crippen LogP) is 2.72. The van der Waals surface area contributed by atoms with Crippen LogP contribution in [-0.2, 0) is 0 Å². The van der Waals surface area contributed by atoms with Crippen LogP contribution in [0.1, 0.15) is 0 Å². The Labute approximate surface area is 109 Å². The van der Waals surface area contributed by atoms with Gasteiger partial charge in [-0.2, -0.15) is 4.98 Å². The Kier molecular flexibility index (Phi) is 2.71. The van der Waals surface area contributed by atoms with Crippen molar-refractivity contribution >= 4 is 17.0 Å². The van der Waals surface area contributed by atoms with Crippen LogP contribution in [0.4, 0.5) is 14.5 Å². The summed E-state index contributed by atoms with van der Waals surface area (Å²) in [7, 11) is 0. The van der Waals surface area contributed by atoms with Crippen LogP contribution in [0, 0.1) is 11.6 Å². The number of benzene rings is 1. The number of hydrogen-bond acceptors (Lipinski definition) is 6. The minimum Gasteiger partial charge on any atom is -0.398 e. The summed E-state index contributed by atoms with van der Waals surface area (Å²) >= 11 is 1.38. The van der Waals surface area contributed by atoms with Gasteiger partial charge in [0.05, 0.1) is 11.1 Å². The zero-order valence-electron chi connectivity index (χ0n) is 9.30. The Bertz CT molecular complexity index is 726. The average Bonchev–Trinajstić information content (AvgIpc) is 3.03. The molecule has 3 aromatic rings. The SMILES string of the molecule is Nc1cc(F)c(F)cc1-c1nc(-c2cscn2)no1. The molecule has 1 aromatic carbocycles. The van der Waals surface area contributed by atoms with Crippen LogP contribution in [0.15, 0.2) is 27.5 Å². The van der Waals surface area contributed by atoms with Gasteiger partial charge in [0.25, 0.3) is 5.89 Å². The van der Waals surface area contributed by atoms with Gasteiger partial charge in [-0.05, 0) is 6.07 Å². The fourth-order valence-corrected chi connectivity index (χ4v) is 2.04. The van der Waals surface area contributed by atoms with Crippen LogP contribution < -0.4 is 5.73 Å². The first-order valence-electron chi connectivity index (χ1n) is 5.12. The first kappa shape index (κ1) is 11.7. The monoisotopic (exact) mass is 280 g/mol. The van der Waals surface area contributed by atoms with Crippen molar-refractivity contribution in [3.8, 4) is 23.0 Å². The van der Waals surface area contributed by atoms with Gasteiger partial charge in [-0.1, -0.05) is 5.16 Å². The number of nitrogen functional groups attached to an aromatic ring is 1. The average molecular weight is 280 g/mol. The van der Waals surface area contributed by atoms with E-state index in [1.807, 2.05) is 0 Å². The van der Waals surface area contributed by atoms with Crippen molar-refractivity contribution < 1.29 is 13.3 Å². The van der Waals surface area contributed by atoms with E-state index in [9.17, 15) is 8.78 Å². The molecule has 0 unspecified atom stereocenters. The van der Waals surface area contributed by atoms with Crippen LogP contribution in [-0.4, -0.2) is 15.1 Å². The molecule has 19 heavy (non-hydrogen) atoms. The molecule has 0 fully saturated rings. The van der Waals surface area contributed by atoms with Crippen molar-refractivity contribution in [3.05, 3.63) is 34.7 Å². The fourth-order valence-electron chi connectivity index (χ4n) is 1.51. The highest BCUT2D eigenvalue weighted by molar-refractivity contribution is 7.07. The van der Waals surface area contributed by atoms with Gasteiger partial charge >= 0.3 is 0 Å². The van der Waals surface area contributed by atoms with E-state index in [-0.39, 0.29) is 23.0 Å². The fraction of sp³-hybridized carbons (Fsp3) is 0. The second-order valence-electron chi connectivity index (χ2n) is 3.65. The van der Waals surface area contributed by atoms with E-state index < -0.39 is 11.6 Å². The molecule has 2 heterocycles. The highest BCUT2D eigenvalue weighted by Gasteiger charge is 2.16. The number of nitrogens with two attached hydrogens (primary N) is 1. The van der Waals surface area contributed by atoms with Crippen molar-refractivity contribution in [2.45, 2.75) is 0 Å². The van der Waals surface area contributed by atoms with E-state index in [1.54, 1.807) is 10.9 Å². The van der Waals surface area contributed by atoms with Gasteiger partial charge in [0, 0.05) is 17.1 Å². The van der Waals surface area contributed by atoms with E-state index >= 15 is 0 Å². The summed E-state index contributed by atoms with van der Waals surface area (Å²) in [5.74, 6) is -1.78. The molecule has 2 N–H and O–H groups in total. The van der Waals surface area contributed by atoms with E-state index in [0.717, 1.165) is 12.1 Å². The lowest BCUT2D eigenvalue weighted by Crippen LogP contribution is -1.94. The number of anilines is 1. The summed E-state index contributed by atoms with van der Waals surface area (Å²) < 4.78 is 31.2. The van der Waals surface area contributed by atoms with Crippen molar-refractivity contribution in [2.24, 2.45) is 0 Å². The second kappa shape index (κ2) is 4.39. The van der Waals surface area contributed by atoms with Crippen molar-refractivity contribution in [2.75, 3.05) is 5.73 Å². The van der Waals surface area contributed by atoms with Crippen LogP contribution in [0.2, 0.25) is 0 Å². The number of rotatable bonds is 2. The first-order valence-corrected chi connectivity index (χ1v) is 6.06. The standard InChI is InChI=1S/C11H6F2N4OS/c12-6-1-5(8(14)2-7(6)13)11-16-10(17-18-11)9-3-19-4-15-9/h1-4H,14H2. The van der Waals surface area contributed by atoms with Crippen LogP contribution in [0.5, 0.6) is 0 Å². The summed E-state index contributed by atoms with van der Waals surface area (Å²) in [5.41, 5.74) is 7.93. The van der Waals surface area contributed by atoms with E-state index in [2.05, 4.69) is 15.1 Å². The number of aromatic nitrogens is 3. The quantitative estimate of drug-likeness (QED) is 0.730. The molecule has 96 valence electrons. The molecular formula is C11H6F2N4OS. The van der Waals surface area contributed by atoms with Crippen LogP contribution >= 0.6 is 11.3 Å². The second-order valence-corrected chi connectivity index (χ2v) is 4.37. The molecule has 0 radical (unpaired) electrons. The lowest BCUT2D eigenvalue weighted by Gasteiger charge is -2.01. The topological polar surface area (TPSA) is 77.8 Å². The Morgan fingerprint density at radius 3 is 2.74 bits per heavy atom. The van der Waals surface area contributed by atoms with Gasteiger partial charge in [-0.3, -0.25) is 0 Å². The largest absolute Gasteiger partial charge is 0.398 e. The lowest BCUT2D eigenvalue weighted by atomic mass is 10.1. The van der Waals surface area contributed by atoms with Gasteiger partial charge in [-0.15, -0.1) is 11.3 Å². The maximum Gasteiger partial charge on any atom is 0.260 e. The van der Waals surface area contributed by atoms with Crippen molar-refractivity contribution in [3.63, 3.8) is 0 Å². The molecule has 2 aromatic heterocycles. The molecule has 8 heteroatoms. The molecule has 0 saturated carbocycles. The number of hydrogen-bond donors (Lipinski definition) is 1. The van der Waals surface area contributed by atoms with Crippen LogP contribution in [0.25, 0.3) is 23.0 Å². The van der Waals surface area contributed by atoms with Gasteiger partial charge in [0.2, 0.25) is 5.82 Å². The number of nitrogens with zero attached hydrogens (tertiary/aromatic N) is 3. The normalized spacial score (nSPS) is 10.8. The Morgan fingerprint density at radius 2 is 2.00 bits per heavy atom. The lowest BCUT2D eigenvalue weighted by molar-refractivity contribution is 0.431. The molecule has 0 aliphatic heterocycles. The van der Waals surface area contributed by atoms with Gasteiger partial charge in [-0.25, -0.2) is 13.8 Å². The summed E-state index contributed by atoms with van der Waals surface area (Å²) in [6.45, 7) is 0. The molecule has 0 amide bonds. The molecule has 0 bridgehead atoms. The Balaban J connectivity index is 2.06. The van der Waals surface area contributed by atoms with Gasteiger partial charge in [0.1, 0.15) is 5.69 Å². The van der Waals surface area contributed by atoms with E-state index in [4.69, 9.17) is 10.3 Å². The first-order chi connectivity index (χ1) is 9.15. The molecule has 0 saturated heterocycles. The highest BCUT2D eigenvalue weighted by atomic mass is 32.1. The van der Waals surface area contributed by atoms with E-state index in [1.165, 1.54) is 11.3 Å². The minimum absolute atomic E-state index is 0.0133. The number of halogens is 2.